The first kappa shape index (κ1) is 26.4. The molecule has 8 nitrogen and oxygen atoms in total. The maximum Gasteiger partial charge on any atom is 0.339 e. The Bertz CT molecular complexity index is 912. The Morgan fingerprint density at radius 3 is 1.03 bits per heavy atom. The Hall–Kier alpha value is -3.68. The molecule has 0 saturated carbocycles. The van der Waals surface area contributed by atoms with Crippen molar-refractivity contribution in [3.8, 4) is 0 Å². The molecule has 0 unspecified atom stereocenters. The van der Waals surface area contributed by atoms with E-state index in [4.69, 9.17) is 19.7 Å². The van der Waals surface area contributed by atoms with Gasteiger partial charge in [0, 0.05) is 0 Å². The Kier molecular flexibility index (Phi) is 8.70. The fraction of sp³-hybridized carbons (Fsp3) is 0.333. The lowest BCUT2D eigenvalue weighted by Crippen LogP contribution is -2.25. The van der Waals surface area contributed by atoms with E-state index in [0.29, 0.717) is 0 Å². The van der Waals surface area contributed by atoms with Crippen LogP contribution in [0, 0.1) is 0 Å². The number of rotatable bonds is 4. The van der Waals surface area contributed by atoms with Gasteiger partial charge in [-0.1, -0.05) is 24.3 Å². The summed E-state index contributed by atoms with van der Waals surface area (Å²) in [5.74, 6) is -3.51. The predicted octanol–water partition coefficient (Wildman–Crippen LogP) is 4.68. The number of hydrogen-bond donors (Lipinski definition) is 2. The van der Waals surface area contributed by atoms with Crippen LogP contribution in [0.1, 0.15) is 83.0 Å². The SMILES string of the molecule is CC(C)(C)OC(=O)c1ccccc1C(=O)O.CC(C)(C)OC(=O)c1ccccc1C(=O)O. The van der Waals surface area contributed by atoms with Gasteiger partial charge in [0.25, 0.3) is 0 Å². The van der Waals surface area contributed by atoms with Crippen LogP contribution in [-0.4, -0.2) is 45.3 Å². The van der Waals surface area contributed by atoms with Gasteiger partial charge in [-0.05, 0) is 65.8 Å². The Balaban J connectivity index is 0.000000320. The van der Waals surface area contributed by atoms with E-state index in [1.807, 2.05) is 0 Å². The second kappa shape index (κ2) is 10.6. The molecule has 2 rings (SSSR count). The molecule has 0 atom stereocenters. The largest absolute Gasteiger partial charge is 0.478 e. The zero-order chi connectivity index (χ0) is 24.7. The van der Waals surface area contributed by atoms with E-state index in [2.05, 4.69) is 0 Å². The lowest BCUT2D eigenvalue weighted by molar-refractivity contribution is 0.00548. The molecule has 0 amide bonds. The fourth-order valence-corrected chi connectivity index (χ4v) is 2.36. The van der Waals surface area contributed by atoms with E-state index in [1.165, 1.54) is 24.3 Å². The third-order valence-electron chi connectivity index (χ3n) is 3.55. The number of carbonyl (C=O) groups excluding carboxylic acids is 2. The van der Waals surface area contributed by atoms with Crippen LogP contribution in [0.25, 0.3) is 0 Å². The topological polar surface area (TPSA) is 127 Å². The van der Waals surface area contributed by atoms with Gasteiger partial charge in [-0.15, -0.1) is 0 Å². The van der Waals surface area contributed by atoms with Crippen molar-refractivity contribution in [1.29, 1.82) is 0 Å². The number of hydrogen-bond acceptors (Lipinski definition) is 6. The summed E-state index contributed by atoms with van der Waals surface area (Å²) in [6.45, 7) is 10.4. The van der Waals surface area contributed by atoms with Crippen LogP contribution in [0.2, 0.25) is 0 Å². The minimum Gasteiger partial charge on any atom is -0.478 e. The van der Waals surface area contributed by atoms with E-state index in [-0.39, 0.29) is 22.3 Å². The van der Waals surface area contributed by atoms with E-state index < -0.39 is 35.1 Å². The van der Waals surface area contributed by atoms with Crippen molar-refractivity contribution in [2.24, 2.45) is 0 Å². The molecule has 0 aliphatic carbocycles. The van der Waals surface area contributed by atoms with Crippen molar-refractivity contribution in [1.82, 2.24) is 0 Å². The van der Waals surface area contributed by atoms with E-state index in [1.54, 1.807) is 65.8 Å². The van der Waals surface area contributed by atoms with Crippen molar-refractivity contribution in [2.45, 2.75) is 52.7 Å². The molecule has 0 aliphatic heterocycles. The van der Waals surface area contributed by atoms with Gasteiger partial charge in [0.2, 0.25) is 0 Å². The molecule has 0 bridgehead atoms. The summed E-state index contributed by atoms with van der Waals surface area (Å²) in [5.41, 5.74) is -1.21. The molecule has 0 aromatic heterocycles. The number of benzene rings is 2. The van der Waals surface area contributed by atoms with Gasteiger partial charge in [0.05, 0.1) is 22.3 Å². The van der Waals surface area contributed by atoms with Gasteiger partial charge in [0.1, 0.15) is 11.2 Å². The zero-order valence-corrected chi connectivity index (χ0v) is 19.0. The lowest BCUT2D eigenvalue weighted by atomic mass is 10.1. The molecule has 8 heteroatoms. The maximum absolute atomic E-state index is 11.7. The van der Waals surface area contributed by atoms with Crippen molar-refractivity contribution >= 4 is 23.9 Å². The highest BCUT2D eigenvalue weighted by molar-refractivity contribution is 6.03. The number of ether oxygens (including phenoxy) is 2. The molecule has 32 heavy (non-hydrogen) atoms. The minimum absolute atomic E-state index is 0.0447. The molecule has 0 fully saturated rings. The molecule has 2 aromatic rings. The molecule has 2 N–H and O–H groups in total. The summed E-state index contributed by atoms with van der Waals surface area (Å²) in [5, 5.41) is 17.8. The van der Waals surface area contributed by atoms with Crippen LogP contribution in [0.15, 0.2) is 48.5 Å². The highest BCUT2D eigenvalue weighted by atomic mass is 16.6. The number of aromatic carboxylic acids is 2. The molecule has 0 radical (unpaired) electrons. The van der Waals surface area contributed by atoms with E-state index in [9.17, 15) is 19.2 Å². The lowest BCUT2D eigenvalue weighted by Gasteiger charge is -2.20. The summed E-state index contributed by atoms with van der Waals surface area (Å²) in [7, 11) is 0. The normalized spacial score (nSPS) is 10.9. The van der Waals surface area contributed by atoms with Crippen LogP contribution in [0.4, 0.5) is 0 Å². The van der Waals surface area contributed by atoms with Crippen LogP contribution >= 0.6 is 0 Å². The van der Waals surface area contributed by atoms with Gasteiger partial charge < -0.3 is 19.7 Å². The monoisotopic (exact) mass is 444 g/mol. The number of carbonyl (C=O) groups is 4. The second-order valence-electron chi connectivity index (χ2n) is 8.71. The number of carboxylic acid groups (broad SMARTS) is 2. The van der Waals surface area contributed by atoms with Gasteiger partial charge in [-0.2, -0.15) is 0 Å². The minimum atomic E-state index is -1.14. The van der Waals surface area contributed by atoms with Crippen molar-refractivity contribution in [3.63, 3.8) is 0 Å². The first-order valence-electron chi connectivity index (χ1n) is 9.73. The molecule has 0 spiro atoms. The molecule has 0 heterocycles. The molecular weight excluding hydrogens is 416 g/mol. The standard InChI is InChI=1S/2C12H14O4/c2*1-12(2,3)16-11(15)9-7-5-4-6-8(9)10(13)14/h2*4-7H,1-3H3,(H,13,14). The van der Waals surface area contributed by atoms with Crippen molar-refractivity contribution in [2.75, 3.05) is 0 Å². The Morgan fingerprint density at radius 1 is 0.562 bits per heavy atom. The molecule has 2 aromatic carbocycles. The summed E-state index contributed by atoms with van der Waals surface area (Å²) in [6, 6.07) is 12.0. The maximum atomic E-state index is 11.7. The quantitative estimate of drug-likeness (QED) is 0.651. The van der Waals surface area contributed by atoms with E-state index >= 15 is 0 Å². The first-order chi connectivity index (χ1) is 14.6. The smallest absolute Gasteiger partial charge is 0.339 e. The fourth-order valence-electron chi connectivity index (χ4n) is 2.36. The third-order valence-corrected chi connectivity index (χ3v) is 3.55. The summed E-state index contributed by atoms with van der Waals surface area (Å²) in [4.78, 5) is 45.2. The number of esters is 2. The van der Waals surface area contributed by atoms with Crippen LogP contribution < -0.4 is 0 Å². The van der Waals surface area contributed by atoms with E-state index in [0.717, 1.165) is 0 Å². The summed E-state index contributed by atoms with van der Waals surface area (Å²) in [6.07, 6.45) is 0. The van der Waals surface area contributed by atoms with Crippen LogP contribution in [0.5, 0.6) is 0 Å². The molecular formula is C24H28O8. The number of carboxylic acids is 2. The highest BCUT2D eigenvalue weighted by Gasteiger charge is 2.23. The van der Waals surface area contributed by atoms with Gasteiger partial charge in [-0.3, -0.25) is 0 Å². The van der Waals surface area contributed by atoms with Gasteiger partial charge in [-0.25, -0.2) is 19.2 Å². The molecule has 0 saturated heterocycles. The zero-order valence-electron chi connectivity index (χ0n) is 19.0. The first-order valence-corrected chi connectivity index (χ1v) is 9.73. The highest BCUT2D eigenvalue weighted by Crippen LogP contribution is 2.16. The van der Waals surface area contributed by atoms with Crippen molar-refractivity contribution < 1.29 is 38.9 Å². The Labute approximate surface area is 186 Å². The average Bonchev–Trinajstić information content (AvgIpc) is 2.65. The van der Waals surface area contributed by atoms with Crippen molar-refractivity contribution in [3.05, 3.63) is 70.8 Å². The molecule has 172 valence electrons. The molecule has 0 aliphatic rings. The van der Waals surface area contributed by atoms with Gasteiger partial charge >= 0.3 is 23.9 Å². The third kappa shape index (κ3) is 8.59. The van der Waals surface area contributed by atoms with Crippen LogP contribution in [0.3, 0.4) is 0 Å². The second-order valence-corrected chi connectivity index (χ2v) is 8.71. The summed E-state index contributed by atoms with van der Waals surface area (Å²) < 4.78 is 10.2. The Morgan fingerprint density at radius 2 is 0.812 bits per heavy atom. The van der Waals surface area contributed by atoms with Crippen LogP contribution in [-0.2, 0) is 9.47 Å². The summed E-state index contributed by atoms with van der Waals surface area (Å²) >= 11 is 0. The van der Waals surface area contributed by atoms with Gasteiger partial charge in [0.15, 0.2) is 0 Å². The predicted molar refractivity (Wildman–Crippen MR) is 117 cm³/mol. The average molecular weight is 444 g/mol.